The molecular formula is C21H31N3O4. The zero-order valence-corrected chi connectivity index (χ0v) is 17.0. The number of methoxy groups -OCH3 is 1. The maximum absolute atomic E-state index is 12.8. The van der Waals surface area contributed by atoms with Crippen LogP contribution < -0.4 is 10.6 Å². The highest BCUT2D eigenvalue weighted by Crippen LogP contribution is 2.22. The number of nitrogens with one attached hydrogen (secondary N) is 2. The second kappa shape index (κ2) is 10.8. The molecule has 1 heterocycles. The van der Waals surface area contributed by atoms with Crippen molar-refractivity contribution in [3.8, 4) is 0 Å². The number of likely N-dealkylation sites (tertiary alicyclic amines) is 1. The molecule has 0 spiro atoms. The summed E-state index contributed by atoms with van der Waals surface area (Å²) in [7, 11) is 1.62. The quantitative estimate of drug-likeness (QED) is 0.660. The summed E-state index contributed by atoms with van der Waals surface area (Å²) >= 11 is 0. The molecule has 0 radical (unpaired) electrons. The highest BCUT2D eigenvalue weighted by molar-refractivity contribution is 5.97. The number of hydrogen-bond donors (Lipinski definition) is 2. The van der Waals surface area contributed by atoms with Gasteiger partial charge in [0.25, 0.3) is 5.91 Å². The third-order valence-corrected chi connectivity index (χ3v) is 5.13. The first-order chi connectivity index (χ1) is 13.4. The molecule has 1 unspecified atom stereocenters. The lowest BCUT2D eigenvalue weighted by atomic mass is 9.88. The van der Waals surface area contributed by atoms with Crippen molar-refractivity contribution >= 4 is 17.7 Å². The Labute approximate surface area is 166 Å². The Morgan fingerprint density at radius 2 is 1.96 bits per heavy atom. The Hall–Kier alpha value is -2.41. The van der Waals surface area contributed by atoms with E-state index in [-0.39, 0.29) is 23.6 Å². The molecule has 0 saturated carbocycles. The number of amides is 3. The molecule has 7 nitrogen and oxygen atoms in total. The molecular weight excluding hydrogens is 358 g/mol. The number of ether oxygens (including phenoxy) is 1. The van der Waals surface area contributed by atoms with Gasteiger partial charge in [0.1, 0.15) is 6.04 Å². The van der Waals surface area contributed by atoms with Crippen LogP contribution in [0.1, 0.15) is 42.1 Å². The molecule has 1 aromatic rings. The van der Waals surface area contributed by atoms with Crippen molar-refractivity contribution in [3.63, 3.8) is 0 Å². The van der Waals surface area contributed by atoms with Gasteiger partial charge in [-0.2, -0.15) is 0 Å². The summed E-state index contributed by atoms with van der Waals surface area (Å²) in [6.07, 6.45) is 2.08. The normalized spacial score (nSPS) is 15.8. The summed E-state index contributed by atoms with van der Waals surface area (Å²) in [5, 5.41) is 5.83. The van der Waals surface area contributed by atoms with Gasteiger partial charge in [0.15, 0.2) is 0 Å². The van der Waals surface area contributed by atoms with Crippen LogP contribution in [0.2, 0.25) is 0 Å². The SMILES string of the molecule is COCCCNC(=O)C(NC(=O)c1cccc(C)c1)C1CCN(C(C)=O)CC1. The van der Waals surface area contributed by atoms with Crippen molar-refractivity contribution < 1.29 is 19.1 Å². The van der Waals surface area contributed by atoms with Crippen molar-refractivity contribution in [3.05, 3.63) is 35.4 Å². The average molecular weight is 389 g/mol. The lowest BCUT2D eigenvalue weighted by Crippen LogP contribution is -2.53. The van der Waals surface area contributed by atoms with Gasteiger partial charge in [0, 0.05) is 45.8 Å². The number of nitrogens with zero attached hydrogens (tertiary/aromatic N) is 1. The van der Waals surface area contributed by atoms with E-state index >= 15 is 0 Å². The summed E-state index contributed by atoms with van der Waals surface area (Å²) in [6.45, 7) is 5.75. The van der Waals surface area contributed by atoms with Gasteiger partial charge in [0.05, 0.1) is 0 Å². The Balaban J connectivity index is 2.06. The van der Waals surface area contributed by atoms with Crippen molar-refractivity contribution in [1.29, 1.82) is 0 Å². The predicted molar refractivity (Wildman–Crippen MR) is 107 cm³/mol. The molecule has 7 heteroatoms. The second-order valence-corrected chi connectivity index (χ2v) is 7.30. The van der Waals surface area contributed by atoms with Crippen LogP contribution >= 0.6 is 0 Å². The van der Waals surface area contributed by atoms with Crippen LogP contribution in [-0.2, 0) is 14.3 Å². The molecule has 0 aromatic heterocycles. The van der Waals surface area contributed by atoms with E-state index in [9.17, 15) is 14.4 Å². The minimum absolute atomic E-state index is 0.00761. The van der Waals surface area contributed by atoms with E-state index < -0.39 is 6.04 Å². The average Bonchev–Trinajstić information content (AvgIpc) is 2.69. The Bertz CT molecular complexity index is 684. The zero-order chi connectivity index (χ0) is 20.5. The largest absolute Gasteiger partial charge is 0.385 e. The first-order valence-electron chi connectivity index (χ1n) is 9.82. The number of carbonyl (C=O) groups is 3. The Kier molecular flexibility index (Phi) is 8.44. The highest BCUT2D eigenvalue weighted by Gasteiger charge is 2.33. The van der Waals surface area contributed by atoms with E-state index in [1.807, 2.05) is 19.1 Å². The van der Waals surface area contributed by atoms with Crippen molar-refractivity contribution in [1.82, 2.24) is 15.5 Å². The molecule has 2 N–H and O–H groups in total. The second-order valence-electron chi connectivity index (χ2n) is 7.30. The first-order valence-corrected chi connectivity index (χ1v) is 9.82. The van der Waals surface area contributed by atoms with Gasteiger partial charge in [-0.25, -0.2) is 0 Å². The van der Waals surface area contributed by atoms with Crippen LogP contribution in [0.3, 0.4) is 0 Å². The fraction of sp³-hybridized carbons (Fsp3) is 0.571. The van der Waals surface area contributed by atoms with Crippen LogP contribution in [0, 0.1) is 12.8 Å². The summed E-state index contributed by atoms with van der Waals surface area (Å²) in [5.41, 5.74) is 1.53. The lowest BCUT2D eigenvalue weighted by Gasteiger charge is -2.35. The van der Waals surface area contributed by atoms with Gasteiger partial charge < -0.3 is 20.3 Å². The van der Waals surface area contributed by atoms with Crippen LogP contribution in [0.25, 0.3) is 0 Å². The fourth-order valence-corrected chi connectivity index (χ4v) is 3.49. The third-order valence-electron chi connectivity index (χ3n) is 5.13. The van der Waals surface area contributed by atoms with Crippen LogP contribution in [0.5, 0.6) is 0 Å². The van der Waals surface area contributed by atoms with Crippen LogP contribution in [-0.4, -0.2) is 62.0 Å². The third kappa shape index (κ3) is 6.34. The molecule has 1 aromatic carbocycles. The van der Waals surface area contributed by atoms with Crippen molar-refractivity contribution in [2.75, 3.05) is 33.4 Å². The van der Waals surface area contributed by atoms with E-state index in [1.165, 1.54) is 0 Å². The minimum Gasteiger partial charge on any atom is -0.385 e. The van der Waals surface area contributed by atoms with E-state index in [0.717, 1.165) is 5.56 Å². The van der Waals surface area contributed by atoms with Gasteiger partial charge in [0.2, 0.25) is 11.8 Å². The predicted octanol–water partition coefficient (Wildman–Crippen LogP) is 1.50. The van der Waals surface area contributed by atoms with Gasteiger partial charge in [-0.05, 0) is 44.2 Å². The molecule has 1 atom stereocenters. The topological polar surface area (TPSA) is 87.7 Å². The molecule has 154 valence electrons. The van der Waals surface area contributed by atoms with E-state index in [1.54, 1.807) is 31.1 Å². The number of rotatable bonds is 8. The Morgan fingerprint density at radius 1 is 1.25 bits per heavy atom. The molecule has 2 rings (SSSR count). The zero-order valence-electron chi connectivity index (χ0n) is 17.0. The van der Waals surface area contributed by atoms with Crippen LogP contribution in [0.4, 0.5) is 0 Å². The van der Waals surface area contributed by atoms with Crippen LogP contribution in [0.15, 0.2) is 24.3 Å². The maximum atomic E-state index is 12.8. The van der Waals surface area contributed by atoms with Crippen molar-refractivity contribution in [2.24, 2.45) is 5.92 Å². The van der Waals surface area contributed by atoms with Gasteiger partial charge in [-0.15, -0.1) is 0 Å². The number of piperidine rings is 1. The molecule has 1 aliphatic heterocycles. The molecule has 28 heavy (non-hydrogen) atoms. The summed E-state index contributed by atoms with van der Waals surface area (Å²) < 4.78 is 5.01. The minimum atomic E-state index is -0.621. The number of benzene rings is 1. The van der Waals surface area contributed by atoms with E-state index in [4.69, 9.17) is 4.74 Å². The smallest absolute Gasteiger partial charge is 0.251 e. The number of aryl methyl sites for hydroxylation is 1. The maximum Gasteiger partial charge on any atom is 0.251 e. The monoisotopic (exact) mass is 389 g/mol. The molecule has 1 aliphatic rings. The van der Waals surface area contributed by atoms with E-state index in [0.29, 0.717) is 51.1 Å². The standard InChI is InChI=1S/C21H31N3O4/c1-15-6-4-7-18(14-15)20(26)23-19(21(27)22-10-5-13-28-3)17-8-11-24(12-9-17)16(2)25/h4,6-7,14,17,19H,5,8-13H2,1-3H3,(H,22,27)(H,23,26). The fourth-order valence-electron chi connectivity index (χ4n) is 3.49. The summed E-state index contributed by atoms with van der Waals surface area (Å²) in [5.74, 6) is -0.400. The lowest BCUT2D eigenvalue weighted by molar-refractivity contribution is -0.130. The Morgan fingerprint density at radius 3 is 2.57 bits per heavy atom. The van der Waals surface area contributed by atoms with Crippen molar-refractivity contribution in [2.45, 2.75) is 39.2 Å². The summed E-state index contributed by atoms with van der Waals surface area (Å²) in [4.78, 5) is 38.9. The molecule has 3 amide bonds. The van der Waals surface area contributed by atoms with E-state index in [2.05, 4.69) is 10.6 Å². The number of carbonyl (C=O) groups excluding carboxylic acids is 3. The van der Waals surface area contributed by atoms with Gasteiger partial charge in [-0.3, -0.25) is 14.4 Å². The molecule has 1 fully saturated rings. The molecule has 0 aliphatic carbocycles. The summed E-state index contributed by atoms with van der Waals surface area (Å²) in [6, 6.07) is 6.68. The number of hydrogen-bond acceptors (Lipinski definition) is 4. The molecule has 1 saturated heterocycles. The first kappa shape index (κ1) is 21.9. The van der Waals surface area contributed by atoms with Gasteiger partial charge in [-0.1, -0.05) is 17.7 Å². The molecule has 0 bridgehead atoms. The van der Waals surface area contributed by atoms with Gasteiger partial charge >= 0.3 is 0 Å². The highest BCUT2D eigenvalue weighted by atomic mass is 16.5.